The number of aliphatic imine (C=N–C) groups is 1. The van der Waals surface area contributed by atoms with Crippen LogP contribution in [0.5, 0.6) is 0 Å². The van der Waals surface area contributed by atoms with Crippen LogP contribution in [0.25, 0.3) is 5.70 Å². The molecular weight excluding hydrogens is 316 g/mol. The molecular formula is C24H26N2. The van der Waals surface area contributed by atoms with E-state index < -0.39 is 0 Å². The summed E-state index contributed by atoms with van der Waals surface area (Å²) < 4.78 is 0. The molecule has 0 radical (unpaired) electrons. The van der Waals surface area contributed by atoms with Gasteiger partial charge in [0.25, 0.3) is 0 Å². The molecule has 0 saturated carbocycles. The van der Waals surface area contributed by atoms with Crippen molar-refractivity contribution in [3.8, 4) is 0 Å². The van der Waals surface area contributed by atoms with Crippen LogP contribution in [0.1, 0.15) is 36.5 Å². The van der Waals surface area contributed by atoms with Crippen molar-refractivity contribution in [2.75, 3.05) is 7.05 Å². The van der Waals surface area contributed by atoms with Crippen molar-refractivity contribution in [1.29, 1.82) is 0 Å². The molecule has 1 unspecified atom stereocenters. The summed E-state index contributed by atoms with van der Waals surface area (Å²) in [4.78, 5) is 6.65. The SMILES string of the molecule is C=C1/C(=C\N=C(C)C)N(C)C(=C)c2ccccc2C1Cc1ccccc1. The fourth-order valence-corrected chi connectivity index (χ4v) is 3.41. The van der Waals surface area contributed by atoms with Crippen LogP contribution in [-0.4, -0.2) is 17.7 Å². The summed E-state index contributed by atoms with van der Waals surface area (Å²) in [5.41, 5.74) is 7.86. The molecule has 0 spiro atoms. The third-order valence-corrected chi connectivity index (χ3v) is 4.89. The van der Waals surface area contributed by atoms with E-state index in [2.05, 4.69) is 77.6 Å². The van der Waals surface area contributed by atoms with Gasteiger partial charge in [-0.05, 0) is 37.0 Å². The van der Waals surface area contributed by atoms with Crippen molar-refractivity contribution >= 4 is 11.4 Å². The first kappa shape index (κ1) is 17.9. The Bertz CT molecular complexity index is 883. The normalized spacial score (nSPS) is 18.5. The highest BCUT2D eigenvalue weighted by atomic mass is 15.1. The van der Waals surface area contributed by atoms with E-state index in [0.717, 1.165) is 29.1 Å². The molecule has 0 fully saturated rings. The first-order valence-electron chi connectivity index (χ1n) is 8.95. The van der Waals surface area contributed by atoms with E-state index in [0.29, 0.717) is 0 Å². The first-order valence-corrected chi connectivity index (χ1v) is 8.95. The van der Waals surface area contributed by atoms with E-state index in [1.54, 1.807) is 0 Å². The minimum Gasteiger partial charge on any atom is -0.343 e. The van der Waals surface area contributed by atoms with Crippen LogP contribution in [0.15, 0.2) is 90.2 Å². The van der Waals surface area contributed by atoms with Crippen molar-refractivity contribution in [1.82, 2.24) is 4.90 Å². The lowest BCUT2D eigenvalue weighted by atomic mass is 9.83. The number of benzene rings is 2. The van der Waals surface area contributed by atoms with Gasteiger partial charge in [0.15, 0.2) is 0 Å². The highest BCUT2D eigenvalue weighted by molar-refractivity contribution is 5.80. The van der Waals surface area contributed by atoms with Crippen LogP contribution < -0.4 is 0 Å². The summed E-state index contributed by atoms with van der Waals surface area (Å²) in [5, 5.41) is 0. The third-order valence-electron chi connectivity index (χ3n) is 4.89. The van der Waals surface area contributed by atoms with Crippen LogP contribution in [0.4, 0.5) is 0 Å². The second-order valence-corrected chi connectivity index (χ2v) is 6.95. The second-order valence-electron chi connectivity index (χ2n) is 6.95. The van der Waals surface area contributed by atoms with Gasteiger partial charge in [-0.1, -0.05) is 67.8 Å². The maximum absolute atomic E-state index is 4.54. The van der Waals surface area contributed by atoms with Crippen molar-refractivity contribution in [2.24, 2.45) is 4.99 Å². The van der Waals surface area contributed by atoms with Gasteiger partial charge in [-0.3, -0.25) is 4.99 Å². The number of nitrogens with zero attached hydrogens (tertiary/aromatic N) is 2. The summed E-state index contributed by atoms with van der Waals surface area (Å²) >= 11 is 0. The van der Waals surface area contributed by atoms with E-state index in [9.17, 15) is 0 Å². The molecule has 1 aliphatic heterocycles. The van der Waals surface area contributed by atoms with Gasteiger partial charge in [0.2, 0.25) is 0 Å². The molecule has 0 aromatic heterocycles. The lowest BCUT2D eigenvalue weighted by molar-refractivity contribution is 0.598. The molecule has 0 saturated heterocycles. The highest BCUT2D eigenvalue weighted by Crippen LogP contribution is 2.42. The van der Waals surface area contributed by atoms with Crippen molar-refractivity contribution in [2.45, 2.75) is 26.2 Å². The summed E-state index contributed by atoms with van der Waals surface area (Å²) in [6, 6.07) is 19.1. The quantitative estimate of drug-likeness (QED) is 0.643. The summed E-state index contributed by atoms with van der Waals surface area (Å²) in [6.07, 6.45) is 2.83. The Morgan fingerprint density at radius 3 is 2.38 bits per heavy atom. The molecule has 2 heteroatoms. The zero-order chi connectivity index (χ0) is 18.7. The average Bonchev–Trinajstić information content (AvgIpc) is 2.72. The van der Waals surface area contributed by atoms with E-state index >= 15 is 0 Å². The minimum absolute atomic E-state index is 0.189. The van der Waals surface area contributed by atoms with Crippen molar-refractivity contribution in [3.63, 3.8) is 0 Å². The zero-order valence-corrected chi connectivity index (χ0v) is 15.9. The Hall–Kier alpha value is -2.87. The molecule has 3 rings (SSSR count). The van der Waals surface area contributed by atoms with Crippen LogP contribution in [0, 0.1) is 0 Å². The van der Waals surface area contributed by atoms with Gasteiger partial charge in [0, 0.05) is 29.9 Å². The van der Waals surface area contributed by atoms with E-state index in [1.807, 2.05) is 27.1 Å². The number of hydrogen-bond acceptors (Lipinski definition) is 2. The van der Waals surface area contributed by atoms with Gasteiger partial charge in [-0.25, -0.2) is 0 Å². The Labute approximate surface area is 156 Å². The first-order chi connectivity index (χ1) is 12.5. The summed E-state index contributed by atoms with van der Waals surface area (Å²) in [6.45, 7) is 12.8. The van der Waals surface area contributed by atoms with Gasteiger partial charge in [0.05, 0.1) is 11.9 Å². The molecule has 0 bridgehead atoms. The van der Waals surface area contributed by atoms with Crippen LogP contribution in [0.3, 0.4) is 0 Å². The molecule has 0 N–H and O–H groups in total. The monoisotopic (exact) mass is 342 g/mol. The molecule has 2 nitrogen and oxygen atoms in total. The molecule has 2 aromatic carbocycles. The number of fused-ring (bicyclic) bond motifs is 1. The third kappa shape index (κ3) is 3.55. The smallest absolute Gasteiger partial charge is 0.0626 e. The molecule has 1 aliphatic rings. The van der Waals surface area contributed by atoms with Crippen molar-refractivity contribution in [3.05, 3.63) is 102 Å². The Morgan fingerprint density at radius 2 is 1.69 bits per heavy atom. The zero-order valence-electron chi connectivity index (χ0n) is 15.9. The largest absolute Gasteiger partial charge is 0.343 e. The average molecular weight is 342 g/mol. The van der Waals surface area contributed by atoms with E-state index in [1.165, 1.54) is 16.7 Å². The van der Waals surface area contributed by atoms with Gasteiger partial charge in [0.1, 0.15) is 0 Å². The highest BCUT2D eigenvalue weighted by Gasteiger charge is 2.29. The van der Waals surface area contributed by atoms with E-state index in [-0.39, 0.29) is 5.92 Å². The fraction of sp³-hybridized carbons (Fsp3) is 0.208. The van der Waals surface area contributed by atoms with Crippen LogP contribution in [-0.2, 0) is 6.42 Å². The molecule has 2 aromatic rings. The maximum atomic E-state index is 4.54. The Morgan fingerprint density at radius 1 is 1.04 bits per heavy atom. The summed E-state index contributed by atoms with van der Waals surface area (Å²) in [5.74, 6) is 0.189. The Kier molecular flexibility index (Phi) is 5.22. The minimum atomic E-state index is 0.189. The molecule has 1 heterocycles. The fourth-order valence-electron chi connectivity index (χ4n) is 3.41. The maximum Gasteiger partial charge on any atom is 0.0626 e. The number of likely N-dealkylation sites (N-methyl/N-ethyl adjacent to an activating group) is 1. The lowest BCUT2D eigenvalue weighted by Crippen LogP contribution is -2.16. The van der Waals surface area contributed by atoms with Crippen LogP contribution >= 0.6 is 0 Å². The second kappa shape index (κ2) is 7.57. The number of rotatable bonds is 3. The topological polar surface area (TPSA) is 15.6 Å². The molecule has 0 aliphatic carbocycles. The van der Waals surface area contributed by atoms with Gasteiger partial charge >= 0.3 is 0 Å². The molecule has 0 amide bonds. The Balaban J connectivity index is 2.14. The summed E-state index contributed by atoms with van der Waals surface area (Å²) in [7, 11) is 2.04. The standard InChI is InChI=1S/C24H26N2/c1-17(2)25-16-24-18(3)23(15-20-11-7-6-8-12-20)22-14-10-9-13-21(22)19(4)26(24)5/h6-14,16,23H,3-4,15H2,1-2,5H3/b24-16+. The van der Waals surface area contributed by atoms with Crippen LogP contribution in [0.2, 0.25) is 0 Å². The molecule has 1 atom stereocenters. The van der Waals surface area contributed by atoms with Gasteiger partial charge in [-0.2, -0.15) is 0 Å². The van der Waals surface area contributed by atoms with Gasteiger partial charge in [-0.15, -0.1) is 0 Å². The van der Waals surface area contributed by atoms with Crippen molar-refractivity contribution < 1.29 is 0 Å². The number of allylic oxidation sites excluding steroid dienone is 1. The predicted octanol–water partition coefficient (Wildman–Crippen LogP) is 5.81. The van der Waals surface area contributed by atoms with Gasteiger partial charge < -0.3 is 4.90 Å². The van der Waals surface area contributed by atoms with E-state index in [4.69, 9.17) is 0 Å². The molecule has 26 heavy (non-hydrogen) atoms. The molecule has 132 valence electrons. The lowest BCUT2D eigenvalue weighted by Gasteiger charge is -2.24. The number of hydrogen-bond donors (Lipinski definition) is 0. The predicted molar refractivity (Wildman–Crippen MR) is 112 cm³/mol.